The Bertz CT molecular complexity index is 736. The number of imidazole rings is 1. The lowest BCUT2D eigenvalue weighted by Gasteiger charge is -2.27. The number of rotatable bonds is 2. The fourth-order valence-corrected chi connectivity index (χ4v) is 2.13. The number of carboxylic acid groups (broad SMARTS) is 1. The second-order valence-corrected chi connectivity index (χ2v) is 4.35. The normalized spacial score (nSPS) is 15.5. The van der Waals surface area contributed by atoms with E-state index in [0.717, 1.165) is 0 Å². The molecule has 1 fully saturated rings. The van der Waals surface area contributed by atoms with E-state index >= 15 is 0 Å². The van der Waals surface area contributed by atoms with Gasteiger partial charge in [-0.1, -0.05) is 0 Å². The highest BCUT2D eigenvalue weighted by molar-refractivity contribution is 6.05. The molecule has 3 rings (SSSR count). The molecule has 1 aliphatic rings. The van der Waals surface area contributed by atoms with Crippen LogP contribution < -0.4 is 10.2 Å². The predicted octanol–water partition coefficient (Wildman–Crippen LogP) is 0.479. The zero-order valence-electron chi connectivity index (χ0n) is 10.2. The lowest BCUT2D eigenvalue weighted by Crippen LogP contribution is -2.50. The molecule has 2 aromatic rings. The van der Waals surface area contributed by atoms with E-state index in [4.69, 9.17) is 5.11 Å². The van der Waals surface area contributed by atoms with Gasteiger partial charge in [0.1, 0.15) is 12.1 Å². The number of nitrogens with one attached hydrogen (secondary N) is 1. The van der Waals surface area contributed by atoms with Crippen molar-refractivity contribution in [3.05, 3.63) is 30.2 Å². The van der Waals surface area contributed by atoms with Crippen LogP contribution >= 0.6 is 0 Å². The molecular formula is C12H10N4O4. The molecule has 0 aliphatic carbocycles. The molecule has 0 unspecified atom stereocenters. The van der Waals surface area contributed by atoms with Crippen LogP contribution in [0.2, 0.25) is 0 Å². The van der Waals surface area contributed by atoms with Crippen LogP contribution in [-0.4, -0.2) is 38.9 Å². The number of imide groups is 1. The van der Waals surface area contributed by atoms with E-state index in [2.05, 4.69) is 10.3 Å². The van der Waals surface area contributed by atoms with Gasteiger partial charge in [0, 0.05) is 13.0 Å². The van der Waals surface area contributed by atoms with Crippen molar-refractivity contribution in [1.29, 1.82) is 0 Å². The van der Waals surface area contributed by atoms with Gasteiger partial charge in [0.05, 0.1) is 17.3 Å². The average Bonchev–Trinajstić information content (AvgIpc) is 2.86. The number of hydrogen-bond acceptors (Lipinski definition) is 4. The summed E-state index contributed by atoms with van der Waals surface area (Å²) in [6.07, 6.45) is 3.15. The van der Waals surface area contributed by atoms with Gasteiger partial charge in [-0.3, -0.25) is 19.4 Å². The first-order chi connectivity index (χ1) is 9.56. The molecule has 8 heteroatoms. The zero-order chi connectivity index (χ0) is 14.3. The maximum Gasteiger partial charge on any atom is 0.335 e. The lowest BCUT2D eigenvalue weighted by molar-refractivity contribution is -0.120. The van der Waals surface area contributed by atoms with Crippen molar-refractivity contribution in [3.63, 3.8) is 0 Å². The van der Waals surface area contributed by atoms with Crippen LogP contribution in [-0.2, 0) is 4.79 Å². The number of amides is 3. The number of nitrogens with zero attached hydrogens (tertiary/aromatic N) is 3. The first-order valence-corrected chi connectivity index (χ1v) is 5.87. The van der Waals surface area contributed by atoms with Crippen LogP contribution in [0, 0.1) is 0 Å². The van der Waals surface area contributed by atoms with Crippen LogP contribution in [0.15, 0.2) is 24.7 Å². The third-order valence-corrected chi connectivity index (χ3v) is 3.08. The summed E-state index contributed by atoms with van der Waals surface area (Å²) in [6.45, 7) is 0.195. The average molecular weight is 274 g/mol. The van der Waals surface area contributed by atoms with Crippen LogP contribution in [0.4, 0.5) is 10.6 Å². The molecule has 0 atom stereocenters. The first-order valence-electron chi connectivity index (χ1n) is 5.87. The van der Waals surface area contributed by atoms with Crippen LogP contribution in [0.3, 0.4) is 0 Å². The van der Waals surface area contributed by atoms with Gasteiger partial charge in [0.15, 0.2) is 0 Å². The van der Waals surface area contributed by atoms with Gasteiger partial charge >= 0.3 is 12.0 Å². The topological polar surface area (TPSA) is 104 Å². The third kappa shape index (κ3) is 1.87. The monoisotopic (exact) mass is 274 g/mol. The summed E-state index contributed by atoms with van der Waals surface area (Å²) in [5.41, 5.74) is 0.613. The van der Waals surface area contributed by atoms with Crippen LogP contribution in [0.25, 0.3) is 5.52 Å². The van der Waals surface area contributed by atoms with E-state index in [1.165, 1.54) is 29.6 Å². The number of aromatic carboxylic acids is 1. The molecule has 20 heavy (non-hydrogen) atoms. The molecule has 1 aliphatic heterocycles. The Hall–Kier alpha value is -2.90. The standard InChI is InChI=1S/C12H10N4O4/c17-9-1-2-15(12(20)14-9)10-4-7(11(18)19)3-8-5-13-6-16(8)10/h3-6H,1-2H2,(H,18,19)(H,14,17,20). The first kappa shape index (κ1) is 12.2. The molecule has 0 aromatic carbocycles. The summed E-state index contributed by atoms with van der Waals surface area (Å²) < 4.78 is 1.60. The Balaban J connectivity index is 2.14. The summed E-state index contributed by atoms with van der Waals surface area (Å²) in [5.74, 6) is -1.08. The number of anilines is 1. The Kier molecular flexibility index (Phi) is 2.63. The Morgan fingerprint density at radius 3 is 2.85 bits per heavy atom. The van der Waals surface area contributed by atoms with E-state index in [1.54, 1.807) is 4.40 Å². The van der Waals surface area contributed by atoms with Gasteiger partial charge in [-0.25, -0.2) is 14.6 Å². The summed E-state index contributed by atoms with van der Waals surface area (Å²) in [5, 5.41) is 11.3. The molecule has 0 saturated carbocycles. The number of urea groups is 1. The molecule has 0 bridgehead atoms. The number of carbonyl (C=O) groups is 3. The number of fused-ring (bicyclic) bond motifs is 1. The number of aromatic nitrogens is 2. The highest BCUT2D eigenvalue weighted by atomic mass is 16.4. The summed E-state index contributed by atoms with van der Waals surface area (Å²) in [4.78, 5) is 39.4. The molecule has 1 saturated heterocycles. The van der Waals surface area contributed by atoms with Gasteiger partial charge in [-0.2, -0.15) is 0 Å². The van der Waals surface area contributed by atoms with Gasteiger partial charge < -0.3 is 5.11 Å². The minimum Gasteiger partial charge on any atom is -0.478 e. The maximum atomic E-state index is 11.9. The third-order valence-electron chi connectivity index (χ3n) is 3.08. The smallest absolute Gasteiger partial charge is 0.335 e. The van der Waals surface area contributed by atoms with E-state index in [-0.39, 0.29) is 24.4 Å². The fraction of sp³-hybridized carbons (Fsp3) is 0.167. The number of pyridine rings is 1. The SMILES string of the molecule is O=C1CCN(c2cc(C(=O)O)cc3cncn23)C(=O)N1. The quantitative estimate of drug-likeness (QED) is 0.828. The summed E-state index contributed by atoms with van der Waals surface area (Å²) >= 11 is 0. The fourth-order valence-electron chi connectivity index (χ4n) is 2.13. The van der Waals surface area contributed by atoms with Gasteiger partial charge in [-0.15, -0.1) is 0 Å². The van der Waals surface area contributed by atoms with E-state index < -0.39 is 12.0 Å². The highest BCUT2D eigenvalue weighted by Crippen LogP contribution is 2.22. The van der Waals surface area contributed by atoms with Crippen molar-refractivity contribution in [2.45, 2.75) is 6.42 Å². The number of carboxylic acids is 1. The molecule has 0 spiro atoms. The highest BCUT2D eigenvalue weighted by Gasteiger charge is 2.26. The van der Waals surface area contributed by atoms with Gasteiger partial charge in [0.25, 0.3) is 0 Å². The van der Waals surface area contributed by atoms with E-state index in [0.29, 0.717) is 11.3 Å². The molecular weight excluding hydrogens is 264 g/mol. The molecule has 3 heterocycles. The molecule has 2 N–H and O–H groups in total. The van der Waals surface area contributed by atoms with Gasteiger partial charge in [-0.05, 0) is 12.1 Å². The second kappa shape index (κ2) is 4.34. The summed E-state index contributed by atoms with van der Waals surface area (Å²) in [6, 6.07) is 2.27. The van der Waals surface area contributed by atoms with Crippen molar-refractivity contribution < 1.29 is 19.5 Å². The lowest BCUT2D eigenvalue weighted by atomic mass is 10.2. The molecule has 102 valence electrons. The predicted molar refractivity (Wildman–Crippen MR) is 67.7 cm³/mol. The molecule has 0 radical (unpaired) electrons. The Morgan fingerprint density at radius 2 is 2.15 bits per heavy atom. The second-order valence-electron chi connectivity index (χ2n) is 4.35. The molecule has 2 aromatic heterocycles. The van der Waals surface area contributed by atoms with Crippen molar-refractivity contribution in [2.24, 2.45) is 0 Å². The number of carbonyl (C=O) groups excluding carboxylic acids is 2. The van der Waals surface area contributed by atoms with Crippen LogP contribution in [0.1, 0.15) is 16.8 Å². The zero-order valence-corrected chi connectivity index (χ0v) is 10.2. The van der Waals surface area contributed by atoms with Crippen molar-refractivity contribution in [3.8, 4) is 0 Å². The van der Waals surface area contributed by atoms with Crippen molar-refractivity contribution in [1.82, 2.24) is 14.7 Å². The summed E-state index contributed by atoms with van der Waals surface area (Å²) in [7, 11) is 0. The van der Waals surface area contributed by atoms with E-state index in [1.807, 2.05) is 0 Å². The Morgan fingerprint density at radius 1 is 1.35 bits per heavy atom. The Labute approximate surface area is 112 Å². The minimum atomic E-state index is -1.09. The minimum absolute atomic E-state index is 0.0534. The van der Waals surface area contributed by atoms with Crippen molar-refractivity contribution in [2.75, 3.05) is 11.4 Å². The maximum absolute atomic E-state index is 11.9. The number of hydrogen-bond donors (Lipinski definition) is 2. The molecule has 8 nitrogen and oxygen atoms in total. The van der Waals surface area contributed by atoms with Gasteiger partial charge in [0.2, 0.25) is 5.91 Å². The van der Waals surface area contributed by atoms with Crippen molar-refractivity contribution >= 4 is 29.2 Å². The van der Waals surface area contributed by atoms with E-state index in [9.17, 15) is 14.4 Å². The largest absolute Gasteiger partial charge is 0.478 e. The van der Waals surface area contributed by atoms with Crippen LogP contribution in [0.5, 0.6) is 0 Å². The molecule has 3 amide bonds.